The van der Waals surface area contributed by atoms with Crippen molar-refractivity contribution in [3.8, 4) is 0 Å². The second-order valence-corrected chi connectivity index (χ2v) is 7.65. The highest BCUT2D eigenvalue weighted by atomic mass is 16.5. The lowest BCUT2D eigenvalue weighted by molar-refractivity contribution is 0.141. The third-order valence-electron chi connectivity index (χ3n) is 5.12. The number of hydrogen-bond donors (Lipinski definition) is 2. The summed E-state index contributed by atoms with van der Waals surface area (Å²) in [6.45, 7) is 12.1. The Morgan fingerprint density at radius 3 is 2.73 bits per heavy atom. The van der Waals surface area contributed by atoms with E-state index < -0.39 is 0 Å². The van der Waals surface area contributed by atoms with Gasteiger partial charge in [0.1, 0.15) is 0 Å². The molecule has 0 spiro atoms. The molecule has 0 aromatic heterocycles. The first-order chi connectivity index (χ1) is 12.6. The van der Waals surface area contributed by atoms with Crippen LogP contribution in [0.3, 0.4) is 0 Å². The van der Waals surface area contributed by atoms with E-state index in [0.29, 0.717) is 6.04 Å². The second-order valence-electron chi connectivity index (χ2n) is 7.65. The minimum Gasteiger partial charge on any atom is -0.383 e. The molecule has 5 nitrogen and oxygen atoms in total. The van der Waals surface area contributed by atoms with Crippen LogP contribution < -0.4 is 10.6 Å². The number of hydrogen-bond acceptors (Lipinski definition) is 3. The van der Waals surface area contributed by atoms with Crippen LogP contribution in [0.2, 0.25) is 0 Å². The van der Waals surface area contributed by atoms with Gasteiger partial charge < -0.3 is 15.4 Å². The van der Waals surface area contributed by atoms with Gasteiger partial charge in [0.05, 0.1) is 13.2 Å². The zero-order chi connectivity index (χ0) is 18.8. The number of nitrogens with zero attached hydrogens (tertiary/aromatic N) is 2. The highest BCUT2D eigenvalue weighted by Gasteiger charge is 2.24. The van der Waals surface area contributed by atoms with E-state index in [1.165, 1.54) is 24.9 Å². The van der Waals surface area contributed by atoms with Crippen LogP contribution in [0.1, 0.15) is 39.2 Å². The Labute approximate surface area is 159 Å². The van der Waals surface area contributed by atoms with Gasteiger partial charge in [-0.25, -0.2) is 0 Å². The number of rotatable bonds is 9. The van der Waals surface area contributed by atoms with Crippen LogP contribution in [0.4, 0.5) is 0 Å². The lowest BCUT2D eigenvalue weighted by Crippen LogP contribution is -2.46. The quantitative estimate of drug-likeness (QED) is 0.525. The van der Waals surface area contributed by atoms with Crippen LogP contribution in [-0.4, -0.2) is 63.3 Å². The number of methoxy groups -OCH3 is 1. The van der Waals surface area contributed by atoms with E-state index in [0.717, 1.165) is 38.7 Å². The van der Waals surface area contributed by atoms with Gasteiger partial charge in [0, 0.05) is 38.2 Å². The zero-order valence-electron chi connectivity index (χ0n) is 16.9. The number of nitrogens with one attached hydrogen (secondary N) is 2. The van der Waals surface area contributed by atoms with Gasteiger partial charge >= 0.3 is 0 Å². The molecular formula is C21H36N4O. The maximum atomic E-state index is 5.24. The fourth-order valence-electron chi connectivity index (χ4n) is 3.44. The minimum atomic E-state index is 0.0153. The topological polar surface area (TPSA) is 48.9 Å². The maximum Gasteiger partial charge on any atom is 0.191 e. The largest absolute Gasteiger partial charge is 0.383 e. The predicted octanol–water partition coefficient (Wildman–Crippen LogP) is 2.63. The lowest BCUT2D eigenvalue weighted by atomic mass is 9.85. The molecule has 5 heteroatoms. The molecule has 26 heavy (non-hydrogen) atoms. The summed E-state index contributed by atoms with van der Waals surface area (Å²) < 4.78 is 5.24. The second kappa shape index (κ2) is 10.5. The smallest absolute Gasteiger partial charge is 0.191 e. The predicted molar refractivity (Wildman–Crippen MR) is 110 cm³/mol. The van der Waals surface area contributed by atoms with Crippen LogP contribution in [-0.2, 0) is 10.2 Å². The van der Waals surface area contributed by atoms with Crippen molar-refractivity contribution in [3.05, 3.63) is 35.9 Å². The molecule has 1 aliphatic rings. The molecule has 146 valence electrons. The maximum absolute atomic E-state index is 5.24. The molecule has 1 aromatic carbocycles. The molecule has 1 heterocycles. The van der Waals surface area contributed by atoms with Crippen LogP contribution in [0.15, 0.2) is 35.3 Å². The molecule has 0 saturated carbocycles. The van der Waals surface area contributed by atoms with Crippen LogP contribution >= 0.6 is 0 Å². The molecule has 1 fully saturated rings. The van der Waals surface area contributed by atoms with E-state index in [1.807, 2.05) is 0 Å². The summed E-state index contributed by atoms with van der Waals surface area (Å²) >= 11 is 0. The molecule has 2 N–H and O–H groups in total. The van der Waals surface area contributed by atoms with Gasteiger partial charge in [0.25, 0.3) is 0 Å². The summed E-state index contributed by atoms with van der Waals surface area (Å²) in [5.41, 5.74) is 1.34. The summed E-state index contributed by atoms with van der Waals surface area (Å²) in [6.07, 6.45) is 2.51. The van der Waals surface area contributed by atoms with Crippen molar-refractivity contribution < 1.29 is 4.74 Å². The Kier molecular flexibility index (Phi) is 8.39. The molecule has 1 atom stereocenters. The minimum absolute atomic E-state index is 0.0153. The van der Waals surface area contributed by atoms with E-state index in [-0.39, 0.29) is 5.41 Å². The summed E-state index contributed by atoms with van der Waals surface area (Å²) in [4.78, 5) is 7.38. The molecule has 0 radical (unpaired) electrons. The molecule has 2 rings (SSSR count). The summed E-state index contributed by atoms with van der Waals surface area (Å²) in [6, 6.07) is 11.2. The van der Waals surface area contributed by atoms with E-state index in [4.69, 9.17) is 9.73 Å². The monoisotopic (exact) mass is 360 g/mol. The fraction of sp³-hybridized carbons (Fsp3) is 0.667. The number of aliphatic imine (C=N–C) groups is 1. The van der Waals surface area contributed by atoms with Crippen molar-refractivity contribution in [2.24, 2.45) is 4.99 Å². The Bertz CT molecular complexity index is 544. The van der Waals surface area contributed by atoms with Crippen molar-refractivity contribution in [1.82, 2.24) is 15.5 Å². The average Bonchev–Trinajstić information content (AvgIpc) is 3.10. The first-order valence-corrected chi connectivity index (χ1v) is 9.87. The van der Waals surface area contributed by atoms with Crippen molar-refractivity contribution in [3.63, 3.8) is 0 Å². The molecule has 1 unspecified atom stereocenters. The van der Waals surface area contributed by atoms with E-state index >= 15 is 0 Å². The van der Waals surface area contributed by atoms with E-state index in [2.05, 4.69) is 66.6 Å². The average molecular weight is 361 g/mol. The van der Waals surface area contributed by atoms with Gasteiger partial charge in [-0.3, -0.25) is 9.89 Å². The molecule has 1 saturated heterocycles. The molecule has 1 aliphatic heterocycles. The van der Waals surface area contributed by atoms with Crippen LogP contribution in [0.5, 0.6) is 0 Å². The number of guanidine groups is 1. The standard InChI is InChI=1S/C21H36N4O/c1-5-22-20(23-16-19-12-9-13-25(19)14-15-26-4)24-17-21(2,3)18-10-7-6-8-11-18/h6-8,10-11,19H,5,9,12-17H2,1-4H3,(H2,22,23,24). The molecule has 1 aromatic rings. The Balaban J connectivity index is 1.92. The number of ether oxygens (including phenoxy) is 1. The van der Waals surface area contributed by atoms with Crippen LogP contribution in [0, 0.1) is 0 Å². The van der Waals surface area contributed by atoms with Crippen molar-refractivity contribution in [2.75, 3.05) is 46.4 Å². The van der Waals surface area contributed by atoms with Gasteiger partial charge in [0.2, 0.25) is 0 Å². The van der Waals surface area contributed by atoms with Crippen molar-refractivity contribution >= 4 is 5.96 Å². The fourth-order valence-corrected chi connectivity index (χ4v) is 3.44. The van der Waals surface area contributed by atoms with E-state index in [9.17, 15) is 0 Å². The van der Waals surface area contributed by atoms with Crippen molar-refractivity contribution in [1.29, 1.82) is 0 Å². The van der Waals surface area contributed by atoms with Gasteiger partial charge in [0.15, 0.2) is 5.96 Å². The first-order valence-electron chi connectivity index (χ1n) is 9.87. The highest BCUT2D eigenvalue weighted by molar-refractivity contribution is 5.79. The van der Waals surface area contributed by atoms with Crippen LogP contribution in [0.25, 0.3) is 0 Å². The molecular weight excluding hydrogens is 324 g/mol. The van der Waals surface area contributed by atoms with Gasteiger partial charge in [-0.1, -0.05) is 44.2 Å². The molecule has 0 amide bonds. The van der Waals surface area contributed by atoms with Gasteiger partial charge in [-0.15, -0.1) is 0 Å². The summed E-state index contributed by atoms with van der Waals surface area (Å²) in [7, 11) is 1.77. The lowest BCUT2D eigenvalue weighted by Gasteiger charge is -2.26. The van der Waals surface area contributed by atoms with Gasteiger partial charge in [-0.2, -0.15) is 0 Å². The SMILES string of the molecule is CCNC(=NCC(C)(C)c1ccccc1)NCC1CCCN1CCOC. The van der Waals surface area contributed by atoms with E-state index in [1.54, 1.807) is 7.11 Å². The zero-order valence-corrected chi connectivity index (χ0v) is 16.9. The first kappa shape index (κ1) is 20.7. The van der Waals surface area contributed by atoms with Crippen molar-refractivity contribution in [2.45, 2.75) is 45.1 Å². The normalized spacial score (nSPS) is 18.9. The number of benzene rings is 1. The third kappa shape index (κ3) is 6.29. The Hall–Kier alpha value is -1.59. The highest BCUT2D eigenvalue weighted by Crippen LogP contribution is 2.23. The Morgan fingerprint density at radius 2 is 2.04 bits per heavy atom. The molecule has 0 bridgehead atoms. The van der Waals surface area contributed by atoms with Gasteiger partial charge in [-0.05, 0) is 31.9 Å². The summed E-state index contributed by atoms with van der Waals surface area (Å²) in [5, 5.41) is 6.93. The molecule has 0 aliphatic carbocycles. The third-order valence-corrected chi connectivity index (χ3v) is 5.12. The summed E-state index contributed by atoms with van der Waals surface area (Å²) in [5.74, 6) is 0.912. The Morgan fingerprint density at radius 1 is 1.27 bits per heavy atom. The number of likely N-dealkylation sites (tertiary alicyclic amines) is 1.